The number of methoxy groups -OCH3 is 1. The molecule has 0 aromatic heterocycles. The molecule has 126 valence electrons. The number of rotatable bonds is 9. The van der Waals surface area contributed by atoms with Crippen LogP contribution >= 0.6 is 12.4 Å². The largest absolute Gasteiger partial charge is 0.497 e. The van der Waals surface area contributed by atoms with Crippen LogP contribution in [-0.4, -0.2) is 50.3 Å². The van der Waals surface area contributed by atoms with Crippen LogP contribution in [0.2, 0.25) is 0 Å². The molecule has 0 N–H and O–H groups in total. The molecule has 1 aromatic rings. The third kappa shape index (κ3) is 7.52. The highest BCUT2D eigenvalue weighted by atomic mass is 35.5. The van der Waals surface area contributed by atoms with E-state index in [-0.39, 0.29) is 31.1 Å². The molecule has 1 aromatic carbocycles. The highest BCUT2D eigenvalue weighted by Crippen LogP contribution is 2.16. The van der Waals surface area contributed by atoms with Crippen molar-refractivity contribution < 1.29 is 19.0 Å². The first kappa shape index (κ1) is 20.5. The zero-order valence-corrected chi connectivity index (χ0v) is 14.5. The second-order valence-corrected chi connectivity index (χ2v) is 4.75. The minimum atomic E-state index is -0.356. The fourth-order valence-corrected chi connectivity index (χ4v) is 1.96. The summed E-state index contributed by atoms with van der Waals surface area (Å²) in [4.78, 5) is 13.9. The lowest BCUT2D eigenvalue weighted by Gasteiger charge is -2.22. The molecule has 0 aliphatic rings. The molecule has 0 fully saturated rings. The van der Waals surface area contributed by atoms with Crippen LogP contribution in [0.4, 0.5) is 0 Å². The first-order valence-corrected chi connectivity index (χ1v) is 7.27. The van der Waals surface area contributed by atoms with E-state index in [1.54, 1.807) is 31.4 Å². The second-order valence-electron chi connectivity index (χ2n) is 4.75. The quantitative estimate of drug-likeness (QED) is 0.651. The van der Waals surface area contributed by atoms with Gasteiger partial charge in [0.05, 0.1) is 7.11 Å². The topological polar surface area (TPSA) is 48.0 Å². The second kappa shape index (κ2) is 11.2. The number of carbonyl (C=O) groups excluding carboxylic acids is 1. The summed E-state index contributed by atoms with van der Waals surface area (Å²) in [5.41, 5.74) is 0. The van der Waals surface area contributed by atoms with E-state index in [0.717, 1.165) is 25.4 Å². The van der Waals surface area contributed by atoms with Crippen LogP contribution in [0.25, 0.3) is 0 Å². The van der Waals surface area contributed by atoms with Gasteiger partial charge in [-0.05, 0) is 44.3 Å². The Balaban J connectivity index is 0.00000441. The van der Waals surface area contributed by atoms with Gasteiger partial charge < -0.3 is 19.1 Å². The van der Waals surface area contributed by atoms with Gasteiger partial charge in [0.1, 0.15) is 17.6 Å². The van der Waals surface area contributed by atoms with Crippen molar-refractivity contribution in [1.82, 2.24) is 4.90 Å². The highest BCUT2D eigenvalue weighted by molar-refractivity contribution is 5.85. The predicted molar refractivity (Wildman–Crippen MR) is 89.1 cm³/mol. The SMILES string of the molecule is CCN(CC)CC(C)OC(=O)COc1ccc(OC)cc1.Cl. The molecule has 0 bridgehead atoms. The standard InChI is InChI=1S/C16H25NO4.ClH/c1-5-17(6-2)11-13(3)21-16(18)12-20-15-9-7-14(19-4)8-10-15;/h7-10,13H,5-6,11-12H2,1-4H3;1H. The molecule has 0 heterocycles. The zero-order valence-electron chi connectivity index (χ0n) is 13.7. The molecule has 0 spiro atoms. The first-order chi connectivity index (χ1) is 10.1. The minimum absolute atomic E-state index is 0. The van der Waals surface area contributed by atoms with Gasteiger partial charge in [-0.25, -0.2) is 4.79 Å². The van der Waals surface area contributed by atoms with Crippen LogP contribution in [0.3, 0.4) is 0 Å². The van der Waals surface area contributed by atoms with E-state index >= 15 is 0 Å². The van der Waals surface area contributed by atoms with E-state index in [9.17, 15) is 4.79 Å². The normalized spacial score (nSPS) is 11.5. The van der Waals surface area contributed by atoms with E-state index in [1.807, 2.05) is 6.92 Å². The van der Waals surface area contributed by atoms with Gasteiger partial charge in [-0.15, -0.1) is 12.4 Å². The Morgan fingerprint density at radius 1 is 1.14 bits per heavy atom. The van der Waals surface area contributed by atoms with E-state index in [2.05, 4.69) is 18.7 Å². The van der Waals surface area contributed by atoms with Gasteiger partial charge in [0.15, 0.2) is 6.61 Å². The summed E-state index contributed by atoms with van der Waals surface area (Å²) in [6.07, 6.45) is -0.142. The summed E-state index contributed by atoms with van der Waals surface area (Å²) in [7, 11) is 1.60. The molecule has 1 rings (SSSR count). The number of esters is 1. The molecule has 0 aliphatic carbocycles. The van der Waals surface area contributed by atoms with Gasteiger partial charge in [-0.2, -0.15) is 0 Å². The van der Waals surface area contributed by atoms with Gasteiger partial charge in [0.25, 0.3) is 0 Å². The molecule has 0 saturated carbocycles. The van der Waals surface area contributed by atoms with E-state index in [4.69, 9.17) is 14.2 Å². The van der Waals surface area contributed by atoms with Crippen molar-refractivity contribution in [2.24, 2.45) is 0 Å². The maximum Gasteiger partial charge on any atom is 0.344 e. The van der Waals surface area contributed by atoms with Crippen LogP contribution in [0.15, 0.2) is 24.3 Å². The van der Waals surface area contributed by atoms with Crippen molar-refractivity contribution in [2.75, 3.05) is 33.4 Å². The van der Waals surface area contributed by atoms with Crippen LogP contribution in [0.5, 0.6) is 11.5 Å². The Labute approximate surface area is 138 Å². The average molecular weight is 332 g/mol. The predicted octanol–water partition coefficient (Wildman–Crippen LogP) is 2.77. The third-order valence-corrected chi connectivity index (χ3v) is 3.16. The third-order valence-electron chi connectivity index (χ3n) is 3.16. The Hall–Kier alpha value is -1.46. The molecule has 0 aliphatic heterocycles. The van der Waals surface area contributed by atoms with Crippen LogP contribution < -0.4 is 9.47 Å². The number of benzene rings is 1. The molecule has 0 saturated heterocycles. The molecular formula is C16H26ClNO4. The lowest BCUT2D eigenvalue weighted by molar-refractivity contribution is -0.151. The summed E-state index contributed by atoms with van der Waals surface area (Å²) >= 11 is 0. The number of nitrogens with zero attached hydrogens (tertiary/aromatic N) is 1. The number of carbonyl (C=O) groups is 1. The Bertz CT molecular complexity index is 421. The number of hydrogen-bond donors (Lipinski definition) is 0. The van der Waals surface area contributed by atoms with Gasteiger partial charge in [0, 0.05) is 6.54 Å². The van der Waals surface area contributed by atoms with Crippen LogP contribution in [0.1, 0.15) is 20.8 Å². The van der Waals surface area contributed by atoms with Gasteiger partial charge >= 0.3 is 5.97 Å². The molecule has 6 heteroatoms. The Morgan fingerprint density at radius 3 is 2.18 bits per heavy atom. The molecule has 1 unspecified atom stereocenters. The molecule has 22 heavy (non-hydrogen) atoms. The zero-order chi connectivity index (χ0) is 15.7. The smallest absolute Gasteiger partial charge is 0.344 e. The van der Waals surface area contributed by atoms with Gasteiger partial charge in [-0.3, -0.25) is 0 Å². The van der Waals surface area contributed by atoms with E-state index in [0.29, 0.717) is 5.75 Å². The molecule has 5 nitrogen and oxygen atoms in total. The average Bonchev–Trinajstić information content (AvgIpc) is 2.51. The maximum absolute atomic E-state index is 11.7. The van der Waals surface area contributed by atoms with Crippen molar-refractivity contribution >= 4 is 18.4 Å². The van der Waals surface area contributed by atoms with Crippen molar-refractivity contribution in [3.63, 3.8) is 0 Å². The molecule has 0 amide bonds. The number of hydrogen-bond acceptors (Lipinski definition) is 5. The van der Waals surface area contributed by atoms with Gasteiger partial charge in [0.2, 0.25) is 0 Å². The van der Waals surface area contributed by atoms with Gasteiger partial charge in [-0.1, -0.05) is 13.8 Å². The summed E-state index contributed by atoms with van der Waals surface area (Å²) < 4.78 is 15.8. The summed E-state index contributed by atoms with van der Waals surface area (Å²) in [5, 5.41) is 0. The lowest BCUT2D eigenvalue weighted by Crippen LogP contribution is -2.34. The molecular weight excluding hydrogens is 306 g/mol. The lowest BCUT2D eigenvalue weighted by atomic mass is 10.3. The Kier molecular flexibility index (Phi) is 10.4. The monoisotopic (exact) mass is 331 g/mol. The molecule has 1 atom stereocenters. The number of likely N-dealkylation sites (N-methyl/N-ethyl adjacent to an activating group) is 1. The minimum Gasteiger partial charge on any atom is -0.497 e. The highest BCUT2D eigenvalue weighted by Gasteiger charge is 2.13. The molecule has 0 radical (unpaired) electrons. The van der Waals surface area contributed by atoms with Crippen molar-refractivity contribution in [3.8, 4) is 11.5 Å². The van der Waals surface area contributed by atoms with Crippen molar-refractivity contribution in [2.45, 2.75) is 26.9 Å². The van der Waals surface area contributed by atoms with E-state index < -0.39 is 0 Å². The number of halogens is 1. The summed E-state index contributed by atoms with van der Waals surface area (Å²) in [5.74, 6) is 1.01. The van der Waals surface area contributed by atoms with Crippen molar-refractivity contribution in [1.29, 1.82) is 0 Å². The maximum atomic E-state index is 11.7. The van der Waals surface area contributed by atoms with E-state index in [1.165, 1.54) is 0 Å². The first-order valence-electron chi connectivity index (χ1n) is 7.27. The number of ether oxygens (including phenoxy) is 3. The summed E-state index contributed by atoms with van der Waals surface area (Å²) in [6, 6.07) is 7.07. The fourth-order valence-electron chi connectivity index (χ4n) is 1.96. The Morgan fingerprint density at radius 2 is 1.68 bits per heavy atom. The summed E-state index contributed by atoms with van der Waals surface area (Å²) in [6.45, 7) is 8.61. The fraction of sp³-hybridized carbons (Fsp3) is 0.562. The van der Waals surface area contributed by atoms with Crippen molar-refractivity contribution in [3.05, 3.63) is 24.3 Å². The van der Waals surface area contributed by atoms with Crippen LogP contribution in [0, 0.1) is 0 Å². The van der Waals surface area contributed by atoms with Crippen LogP contribution in [-0.2, 0) is 9.53 Å².